The van der Waals surface area contributed by atoms with Crippen LogP contribution in [-0.2, 0) is 11.8 Å². The van der Waals surface area contributed by atoms with Gasteiger partial charge in [0.05, 0.1) is 36.5 Å². The zero-order chi connectivity index (χ0) is 20.7. The van der Waals surface area contributed by atoms with Gasteiger partial charge in [-0.3, -0.25) is 9.78 Å². The molecular weight excluding hydrogens is 382 g/mol. The van der Waals surface area contributed by atoms with Gasteiger partial charge in [0.15, 0.2) is 17.3 Å². The summed E-state index contributed by atoms with van der Waals surface area (Å²) in [4.78, 5) is 7.35. The summed E-state index contributed by atoms with van der Waals surface area (Å²) in [5.74, 6) is 2.45. The molecule has 5 heterocycles. The van der Waals surface area contributed by atoms with Gasteiger partial charge in [0.25, 0.3) is 0 Å². The van der Waals surface area contributed by atoms with Gasteiger partial charge in [-0.25, -0.2) is 4.98 Å². The highest BCUT2D eigenvalue weighted by atomic mass is 16.5. The molecule has 0 bridgehead atoms. The number of aromatic amines is 1. The van der Waals surface area contributed by atoms with Crippen LogP contribution >= 0.6 is 0 Å². The molecule has 0 radical (unpaired) electrons. The maximum absolute atomic E-state index is 5.64. The molecule has 0 amide bonds. The van der Waals surface area contributed by atoms with E-state index in [2.05, 4.69) is 45.4 Å². The topological polar surface area (TPSA) is 102 Å². The van der Waals surface area contributed by atoms with E-state index in [0.717, 1.165) is 52.8 Å². The number of H-pyrrole nitrogens is 1. The normalized spacial score (nSPS) is 17.0. The number of aromatic nitrogens is 7. The first-order valence-corrected chi connectivity index (χ1v) is 10.2. The molecule has 4 aromatic rings. The molecular formula is C20H25N9O. The zero-order valence-corrected chi connectivity index (χ0v) is 17.3. The number of hydrogen-bond donors (Lipinski definition) is 2. The Morgan fingerprint density at radius 1 is 1.30 bits per heavy atom. The molecule has 1 atom stereocenters. The molecule has 1 fully saturated rings. The monoisotopic (exact) mass is 407 g/mol. The number of morpholine rings is 1. The summed E-state index contributed by atoms with van der Waals surface area (Å²) in [5.41, 5.74) is 2.81. The predicted molar refractivity (Wildman–Crippen MR) is 115 cm³/mol. The molecule has 0 spiro atoms. The second kappa shape index (κ2) is 7.45. The Labute approximate surface area is 173 Å². The van der Waals surface area contributed by atoms with E-state index in [0.29, 0.717) is 13.2 Å². The first-order valence-electron chi connectivity index (χ1n) is 10.2. The molecule has 0 aromatic carbocycles. The van der Waals surface area contributed by atoms with Crippen LogP contribution in [0.2, 0.25) is 0 Å². The van der Waals surface area contributed by atoms with Crippen molar-refractivity contribution in [2.75, 3.05) is 36.5 Å². The first kappa shape index (κ1) is 18.6. The van der Waals surface area contributed by atoms with E-state index in [-0.39, 0.29) is 6.04 Å². The average molecular weight is 407 g/mol. The Balaban J connectivity index is 1.81. The predicted octanol–water partition coefficient (Wildman–Crippen LogP) is 2.20. The number of rotatable bonds is 5. The Kier molecular flexibility index (Phi) is 4.62. The minimum Gasteiger partial charge on any atom is -0.377 e. The fraction of sp³-hybridized carbons (Fsp3) is 0.400. The number of anilines is 2. The lowest BCUT2D eigenvalue weighted by atomic mass is 10.1. The minimum atomic E-state index is 0.236. The van der Waals surface area contributed by atoms with Crippen molar-refractivity contribution in [2.24, 2.45) is 7.05 Å². The Morgan fingerprint density at radius 3 is 2.90 bits per heavy atom. The molecule has 10 nitrogen and oxygen atoms in total. The molecule has 2 N–H and O–H groups in total. The molecule has 0 aliphatic carbocycles. The lowest BCUT2D eigenvalue weighted by Gasteiger charge is -2.34. The number of nitrogens with zero attached hydrogens (tertiary/aromatic N) is 7. The largest absolute Gasteiger partial charge is 0.377 e. The maximum atomic E-state index is 5.64. The zero-order valence-electron chi connectivity index (χ0n) is 17.3. The third-order valence-corrected chi connectivity index (χ3v) is 5.44. The van der Waals surface area contributed by atoms with E-state index in [1.54, 1.807) is 6.20 Å². The van der Waals surface area contributed by atoms with Crippen molar-refractivity contribution in [3.05, 3.63) is 30.6 Å². The van der Waals surface area contributed by atoms with E-state index >= 15 is 0 Å². The first-order chi connectivity index (χ1) is 14.7. The molecule has 156 valence electrons. The Bertz CT molecular complexity index is 1160. The molecule has 4 aromatic heterocycles. The van der Waals surface area contributed by atoms with Crippen LogP contribution in [0.4, 0.5) is 11.6 Å². The third kappa shape index (κ3) is 3.00. The van der Waals surface area contributed by atoms with Crippen LogP contribution < -0.4 is 10.2 Å². The van der Waals surface area contributed by atoms with Gasteiger partial charge in [0.2, 0.25) is 0 Å². The van der Waals surface area contributed by atoms with Crippen molar-refractivity contribution in [3.63, 3.8) is 0 Å². The third-order valence-electron chi connectivity index (χ3n) is 5.44. The number of ether oxygens (including phenoxy) is 1. The summed E-state index contributed by atoms with van der Waals surface area (Å²) in [6, 6.07) is 6.28. The average Bonchev–Trinajstić information content (AvgIpc) is 3.48. The van der Waals surface area contributed by atoms with Crippen molar-refractivity contribution < 1.29 is 4.74 Å². The van der Waals surface area contributed by atoms with E-state index in [1.807, 2.05) is 34.7 Å². The van der Waals surface area contributed by atoms with E-state index in [1.165, 1.54) is 0 Å². The fourth-order valence-electron chi connectivity index (χ4n) is 3.98. The number of fused-ring (bicyclic) bond motifs is 1. The van der Waals surface area contributed by atoms with E-state index in [4.69, 9.17) is 14.8 Å². The van der Waals surface area contributed by atoms with Gasteiger partial charge in [-0.2, -0.15) is 14.9 Å². The quantitative estimate of drug-likeness (QED) is 0.523. The second-order valence-corrected chi connectivity index (χ2v) is 7.42. The van der Waals surface area contributed by atoms with Crippen LogP contribution in [0.3, 0.4) is 0 Å². The second-order valence-electron chi connectivity index (χ2n) is 7.42. The molecule has 1 unspecified atom stereocenters. The number of hydrogen-bond acceptors (Lipinski definition) is 7. The standard InChI is InChI=1S/C20H25N9O/c1-4-21-19-18-14(15-5-8-23-27(15)3)11-17(28-9-10-30-12-13(28)2)24-20(18)29(26-19)16-6-7-22-25-16/h5-8,11,13H,4,9-10,12H2,1-3H3,(H,21,26)(H,22,25). The van der Waals surface area contributed by atoms with Crippen molar-refractivity contribution in [2.45, 2.75) is 19.9 Å². The molecule has 0 saturated carbocycles. The lowest BCUT2D eigenvalue weighted by Crippen LogP contribution is -2.44. The van der Waals surface area contributed by atoms with Gasteiger partial charge in [0.1, 0.15) is 5.82 Å². The van der Waals surface area contributed by atoms with Crippen molar-refractivity contribution in [3.8, 4) is 17.1 Å². The van der Waals surface area contributed by atoms with Crippen LogP contribution in [0, 0.1) is 0 Å². The van der Waals surface area contributed by atoms with Gasteiger partial charge in [-0.05, 0) is 26.0 Å². The van der Waals surface area contributed by atoms with Gasteiger partial charge >= 0.3 is 0 Å². The minimum absolute atomic E-state index is 0.236. The molecule has 5 rings (SSSR count). The van der Waals surface area contributed by atoms with Crippen LogP contribution in [0.15, 0.2) is 30.6 Å². The highest BCUT2D eigenvalue weighted by Crippen LogP contribution is 2.37. The van der Waals surface area contributed by atoms with Crippen LogP contribution in [0.1, 0.15) is 13.8 Å². The molecule has 30 heavy (non-hydrogen) atoms. The van der Waals surface area contributed by atoms with Gasteiger partial charge < -0.3 is 15.0 Å². The van der Waals surface area contributed by atoms with Crippen LogP contribution in [0.5, 0.6) is 0 Å². The molecule has 1 aliphatic rings. The summed E-state index contributed by atoms with van der Waals surface area (Å²) in [6.45, 7) is 7.13. The molecule has 1 aliphatic heterocycles. The van der Waals surface area contributed by atoms with Crippen molar-refractivity contribution >= 4 is 22.7 Å². The number of pyridine rings is 1. The lowest BCUT2D eigenvalue weighted by molar-refractivity contribution is 0.0985. The van der Waals surface area contributed by atoms with E-state index < -0.39 is 0 Å². The SMILES string of the molecule is CCNc1nn(-c2ccn[nH]2)c2nc(N3CCOCC3C)cc(-c3ccnn3C)c12. The number of aryl methyl sites for hydroxylation is 1. The number of nitrogens with one attached hydrogen (secondary N) is 2. The summed E-state index contributed by atoms with van der Waals surface area (Å²) in [7, 11) is 1.95. The van der Waals surface area contributed by atoms with Gasteiger partial charge in [0, 0.05) is 38.0 Å². The Morgan fingerprint density at radius 2 is 2.20 bits per heavy atom. The van der Waals surface area contributed by atoms with Crippen molar-refractivity contribution in [1.82, 2.24) is 34.7 Å². The molecule has 1 saturated heterocycles. The summed E-state index contributed by atoms with van der Waals surface area (Å²) < 4.78 is 9.33. The fourth-order valence-corrected chi connectivity index (χ4v) is 3.98. The van der Waals surface area contributed by atoms with Gasteiger partial charge in [-0.1, -0.05) is 0 Å². The molecule has 10 heteroatoms. The summed E-state index contributed by atoms with van der Waals surface area (Å²) in [6.07, 6.45) is 3.52. The smallest absolute Gasteiger partial charge is 0.169 e. The summed E-state index contributed by atoms with van der Waals surface area (Å²) in [5, 5.41) is 20.7. The highest BCUT2D eigenvalue weighted by molar-refractivity contribution is 6.02. The highest BCUT2D eigenvalue weighted by Gasteiger charge is 2.26. The van der Waals surface area contributed by atoms with Crippen LogP contribution in [-0.4, -0.2) is 67.1 Å². The van der Waals surface area contributed by atoms with Gasteiger partial charge in [-0.15, -0.1) is 5.10 Å². The maximum Gasteiger partial charge on any atom is 0.169 e. The summed E-state index contributed by atoms with van der Waals surface area (Å²) >= 11 is 0. The Hall–Kier alpha value is -3.40. The van der Waals surface area contributed by atoms with Crippen molar-refractivity contribution in [1.29, 1.82) is 0 Å². The van der Waals surface area contributed by atoms with E-state index in [9.17, 15) is 0 Å². The van der Waals surface area contributed by atoms with Crippen LogP contribution in [0.25, 0.3) is 28.1 Å².